The molecule has 4 rings (SSSR count). The van der Waals surface area contributed by atoms with Crippen molar-refractivity contribution in [2.45, 2.75) is 31.3 Å². The summed E-state index contributed by atoms with van der Waals surface area (Å²) in [4.78, 5) is 12.6. The van der Waals surface area contributed by atoms with Crippen LogP contribution in [0, 0.1) is 0 Å². The molecule has 1 aromatic carbocycles. The smallest absolute Gasteiger partial charge is 0.254 e. The molecule has 24 heavy (non-hydrogen) atoms. The zero-order valence-corrected chi connectivity index (χ0v) is 13.5. The average molecular weight is 327 g/mol. The molecule has 6 nitrogen and oxygen atoms in total. The first-order chi connectivity index (χ1) is 11.8. The second kappa shape index (κ2) is 6.75. The lowest BCUT2D eigenvalue weighted by Crippen LogP contribution is -2.37. The van der Waals surface area contributed by atoms with Crippen molar-refractivity contribution in [3.05, 3.63) is 47.8 Å². The predicted octanol–water partition coefficient (Wildman–Crippen LogP) is 2.24. The van der Waals surface area contributed by atoms with Gasteiger partial charge in [0.05, 0.1) is 35.9 Å². The van der Waals surface area contributed by atoms with E-state index in [1.54, 1.807) is 6.20 Å². The van der Waals surface area contributed by atoms with Gasteiger partial charge < -0.3 is 14.8 Å². The van der Waals surface area contributed by atoms with Gasteiger partial charge in [-0.15, -0.1) is 0 Å². The molecule has 1 N–H and O–H groups in total. The van der Waals surface area contributed by atoms with Crippen molar-refractivity contribution in [3.8, 4) is 5.69 Å². The molecule has 2 fully saturated rings. The minimum Gasteiger partial charge on any atom is -0.355 e. The van der Waals surface area contributed by atoms with Crippen LogP contribution < -0.4 is 5.32 Å². The highest BCUT2D eigenvalue weighted by molar-refractivity contribution is 5.95. The molecule has 1 aliphatic carbocycles. The van der Waals surface area contributed by atoms with Crippen LogP contribution >= 0.6 is 0 Å². The Morgan fingerprint density at radius 2 is 2.08 bits per heavy atom. The van der Waals surface area contributed by atoms with E-state index in [1.165, 1.54) is 0 Å². The van der Waals surface area contributed by atoms with E-state index < -0.39 is 0 Å². The number of carbonyl (C=O) groups is 1. The van der Waals surface area contributed by atoms with Crippen LogP contribution in [-0.4, -0.2) is 41.7 Å². The first-order valence-electron chi connectivity index (χ1n) is 8.44. The Morgan fingerprint density at radius 1 is 1.25 bits per heavy atom. The van der Waals surface area contributed by atoms with Crippen LogP contribution in [-0.2, 0) is 9.47 Å². The highest BCUT2D eigenvalue weighted by atomic mass is 16.7. The maximum Gasteiger partial charge on any atom is 0.254 e. The number of aromatic nitrogens is 2. The standard InChI is InChI=1S/C18H21N3O3/c22-18(19-10-15-8-9-23-12-24-15)16-11-20-21(17(16)13-6-7-13)14-4-2-1-3-5-14/h1-5,11,13,15H,6-10,12H2,(H,19,22)/t15-/m1/s1. The molecule has 1 aromatic heterocycles. The van der Waals surface area contributed by atoms with Crippen molar-refractivity contribution >= 4 is 5.91 Å². The lowest BCUT2D eigenvalue weighted by atomic mass is 10.1. The fraction of sp³-hybridized carbons (Fsp3) is 0.444. The third kappa shape index (κ3) is 3.20. The minimum absolute atomic E-state index is 0.0243. The fourth-order valence-corrected chi connectivity index (χ4v) is 3.02. The lowest BCUT2D eigenvalue weighted by molar-refractivity contribution is -0.136. The van der Waals surface area contributed by atoms with Crippen LogP contribution in [0.1, 0.15) is 41.2 Å². The molecular weight excluding hydrogens is 306 g/mol. The third-order valence-electron chi connectivity index (χ3n) is 4.48. The Hall–Kier alpha value is -2.18. The van der Waals surface area contributed by atoms with Crippen LogP contribution in [0.25, 0.3) is 5.69 Å². The Balaban J connectivity index is 1.52. The molecule has 2 heterocycles. The molecule has 126 valence electrons. The zero-order chi connectivity index (χ0) is 16.4. The highest BCUT2D eigenvalue weighted by Crippen LogP contribution is 2.42. The zero-order valence-electron chi connectivity index (χ0n) is 13.5. The summed E-state index contributed by atoms with van der Waals surface area (Å²) in [5, 5.41) is 7.45. The summed E-state index contributed by atoms with van der Waals surface area (Å²) in [5.41, 5.74) is 2.69. The van der Waals surface area contributed by atoms with E-state index in [4.69, 9.17) is 9.47 Å². The molecule has 6 heteroatoms. The first kappa shape index (κ1) is 15.4. The van der Waals surface area contributed by atoms with Crippen LogP contribution in [0.15, 0.2) is 36.5 Å². The van der Waals surface area contributed by atoms with Gasteiger partial charge in [0, 0.05) is 12.5 Å². The number of carbonyl (C=O) groups excluding carboxylic acids is 1. The quantitative estimate of drug-likeness (QED) is 0.915. The second-order valence-electron chi connectivity index (χ2n) is 6.28. The summed E-state index contributed by atoms with van der Waals surface area (Å²) in [6, 6.07) is 9.96. The van der Waals surface area contributed by atoms with Gasteiger partial charge in [-0.25, -0.2) is 4.68 Å². The van der Waals surface area contributed by atoms with Crippen molar-refractivity contribution in [1.82, 2.24) is 15.1 Å². The number of hydrogen-bond acceptors (Lipinski definition) is 4. The average Bonchev–Trinajstić information content (AvgIpc) is 3.39. The molecule has 0 radical (unpaired) electrons. The van der Waals surface area contributed by atoms with Crippen molar-refractivity contribution in [1.29, 1.82) is 0 Å². The van der Waals surface area contributed by atoms with Crippen molar-refractivity contribution in [2.24, 2.45) is 0 Å². The Labute approximate surface area is 140 Å². The Morgan fingerprint density at radius 3 is 2.79 bits per heavy atom. The Kier molecular flexibility index (Phi) is 4.32. The summed E-state index contributed by atoms with van der Waals surface area (Å²) in [7, 11) is 0. The van der Waals surface area contributed by atoms with Gasteiger partial charge in [0.25, 0.3) is 5.91 Å². The SMILES string of the molecule is O=C(NC[C@H]1CCOCO1)c1cnn(-c2ccccc2)c1C1CC1. The highest BCUT2D eigenvalue weighted by Gasteiger charge is 2.33. The molecule has 1 saturated heterocycles. The van der Waals surface area contributed by atoms with E-state index in [0.717, 1.165) is 30.6 Å². The number of amides is 1. The molecule has 1 aliphatic heterocycles. The van der Waals surface area contributed by atoms with Crippen molar-refractivity contribution < 1.29 is 14.3 Å². The Bertz CT molecular complexity index is 704. The number of nitrogens with zero attached hydrogens (tertiary/aromatic N) is 2. The molecule has 1 atom stereocenters. The molecule has 0 spiro atoms. The molecule has 2 aromatic rings. The van der Waals surface area contributed by atoms with E-state index >= 15 is 0 Å². The lowest BCUT2D eigenvalue weighted by Gasteiger charge is -2.22. The van der Waals surface area contributed by atoms with Crippen LogP contribution in [0.3, 0.4) is 0 Å². The largest absolute Gasteiger partial charge is 0.355 e. The number of nitrogens with one attached hydrogen (secondary N) is 1. The van der Waals surface area contributed by atoms with Crippen LogP contribution in [0.2, 0.25) is 0 Å². The number of para-hydroxylation sites is 1. The van der Waals surface area contributed by atoms with Gasteiger partial charge in [0.15, 0.2) is 0 Å². The van der Waals surface area contributed by atoms with Crippen molar-refractivity contribution in [2.75, 3.05) is 19.9 Å². The molecule has 2 aliphatic rings. The number of ether oxygens (including phenoxy) is 2. The number of hydrogen-bond donors (Lipinski definition) is 1. The van der Waals surface area contributed by atoms with E-state index in [1.807, 2.05) is 35.0 Å². The monoisotopic (exact) mass is 327 g/mol. The summed E-state index contributed by atoms with van der Waals surface area (Å²) in [6.07, 6.45) is 4.74. The summed E-state index contributed by atoms with van der Waals surface area (Å²) in [6.45, 7) is 1.49. The topological polar surface area (TPSA) is 65.4 Å². The normalized spacial score (nSPS) is 20.8. The molecule has 0 unspecified atom stereocenters. The predicted molar refractivity (Wildman–Crippen MR) is 88.2 cm³/mol. The van der Waals surface area contributed by atoms with E-state index in [0.29, 0.717) is 31.4 Å². The van der Waals surface area contributed by atoms with E-state index in [9.17, 15) is 4.79 Å². The maximum absolute atomic E-state index is 12.6. The molecule has 1 saturated carbocycles. The summed E-state index contributed by atoms with van der Waals surface area (Å²) in [5.74, 6) is 0.349. The minimum atomic E-state index is -0.0748. The van der Waals surface area contributed by atoms with E-state index in [-0.39, 0.29) is 12.0 Å². The van der Waals surface area contributed by atoms with Crippen molar-refractivity contribution in [3.63, 3.8) is 0 Å². The molecular formula is C18H21N3O3. The van der Waals surface area contributed by atoms with Gasteiger partial charge in [-0.3, -0.25) is 4.79 Å². The van der Waals surface area contributed by atoms with Crippen LogP contribution in [0.4, 0.5) is 0 Å². The third-order valence-corrected chi connectivity index (χ3v) is 4.48. The van der Waals surface area contributed by atoms with Gasteiger partial charge >= 0.3 is 0 Å². The summed E-state index contributed by atoms with van der Waals surface area (Å²) >= 11 is 0. The fourth-order valence-electron chi connectivity index (χ4n) is 3.02. The van der Waals surface area contributed by atoms with E-state index in [2.05, 4.69) is 10.4 Å². The van der Waals surface area contributed by atoms with Gasteiger partial charge in [-0.1, -0.05) is 18.2 Å². The van der Waals surface area contributed by atoms with Crippen LogP contribution in [0.5, 0.6) is 0 Å². The second-order valence-corrected chi connectivity index (χ2v) is 6.28. The number of rotatable bonds is 5. The first-order valence-corrected chi connectivity index (χ1v) is 8.44. The van der Waals surface area contributed by atoms with Gasteiger partial charge in [-0.05, 0) is 31.4 Å². The summed E-state index contributed by atoms with van der Waals surface area (Å²) < 4.78 is 12.5. The van der Waals surface area contributed by atoms with Gasteiger partial charge in [0.1, 0.15) is 6.79 Å². The van der Waals surface area contributed by atoms with Gasteiger partial charge in [-0.2, -0.15) is 5.10 Å². The molecule has 0 bridgehead atoms. The number of benzene rings is 1. The molecule has 1 amide bonds. The maximum atomic E-state index is 12.6. The van der Waals surface area contributed by atoms with Gasteiger partial charge in [0.2, 0.25) is 0 Å².